The lowest BCUT2D eigenvalue weighted by molar-refractivity contribution is -0.118. The number of aromatic nitrogens is 1. The van der Waals surface area contributed by atoms with E-state index in [0.29, 0.717) is 29.0 Å². The molecule has 0 radical (unpaired) electrons. The zero-order valence-corrected chi connectivity index (χ0v) is 16.9. The molecule has 1 amide bonds. The maximum Gasteiger partial charge on any atom is 0.230 e. The number of thioether (sulfide) groups is 1. The second-order valence-electron chi connectivity index (χ2n) is 6.28. The molecule has 0 atom stereocenters. The molecule has 0 saturated heterocycles. The van der Waals surface area contributed by atoms with Crippen molar-refractivity contribution in [2.24, 2.45) is 0 Å². The van der Waals surface area contributed by atoms with Gasteiger partial charge in [0.25, 0.3) is 0 Å². The molecule has 0 spiro atoms. The first kappa shape index (κ1) is 19.5. The maximum atomic E-state index is 12.0. The van der Waals surface area contributed by atoms with Crippen molar-refractivity contribution >= 4 is 29.3 Å². The third kappa shape index (κ3) is 5.62. The zero-order chi connectivity index (χ0) is 19.2. The predicted octanol–water partition coefficient (Wildman–Crippen LogP) is 5.16. The Morgan fingerprint density at radius 2 is 1.81 bits per heavy atom. The molecular weight excluding hydrogens is 380 g/mol. The fourth-order valence-corrected chi connectivity index (χ4v) is 3.45. The molecular formula is C21H21ClN2O2S. The van der Waals surface area contributed by atoms with Crippen LogP contribution < -0.4 is 5.32 Å². The highest BCUT2D eigenvalue weighted by molar-refractivity contribution is 7.99. The standard InChI is InChI=1S/C21H21ClN2O2S/c1-14-3-7-17(8-4-14)21-24-19(15(2)26-21)12-27-13-20(25)23-11-16-5-9-18(22)10-6-16/h3-10H,11-13H2,1-2H3,(H,23,25). The van der Waals surface area contributed by atoms with Crippen molar-refractivity contribution in [1.82, 2.24) is 10.3 Å². The van der Waals surface area contributed by atoms with Gasteiger partial charge in [0.1, 0.15) is 5.76 Å². The lowest BCUT2D eigenvalue weighted by Crippen LogP contribution is -2.24. The molecule has 0 unspecified atom stereocenters. The fraction of sp³-hybridized carbons (Fsp3) is 0.238. The maximum absolute atomic E-state index is 12.0. The van der Waals surface area contributed by atoms with Crippen LogP contribution in [0.25, 0.3) is 11.5 Å². The van der Waals surface area contributed by atoms with Gasteiger partial charge >= 0.3 is 0 Å². The van der Waals surface area contributed by atoms with Gasteiger partial charge in [0.15, 0.2) is 0 Å². The summed E-state index contributed by atoms with van der Waals surface area (Å²) >= 11 is 7.38. The van der Waals surface area contributed by atoms with Gasteiger partial charge in [-0.3, -0.25) is 4.79 Å². The number of amides is 1. The highest BCUT2D eigenvalue weighted by atomic mass is 35.5. The van der Waals surface area contributed by atoms with Gasteiger partial charge in [0.05, 0.1) is 11.4 Å². The van der Waals surface area contributed by atoms with Crippen LogP contribution in [0.3, 0.4) is 0 Å². The van der Waals surface area contributed by atoms with Crippen molar-refractivity contribution in [3.05, 3.63) is 76.1 Å². The van der Waals surface area contributed by atoms with Crippen LogP contribution in [0.1, 0.15) is 22.6 Å². The van der Waals surface area contributed by atoms with Gasteiger partial charge in [0, 0.05) is 22.9 Å². The summed E-state index contributed by atoms with van der Waals surface area (Å²) in [7, 11) is 0. The highest BCUT2D eigenvalue weighted by Crippen LogP contribution is 2.24. The average molecular weight is 401 g/mol. The number of aryl methyl sites for hydroxylation is 2. The number of nitrogens with one attached hydrogen (secondary N) is 1. The van der Waals surface area contributed by atoms with E-state index >= 15 is 0 Å². The topological polar surface area (TPSA) is 55.1 Å². The summed E-state index contributed by atoms with van der Waals surface area (Å²) in [5, 5.41) is 3.60. The Morgan fingerprint density at radius 1 is 1.11 bits per heavy atom. The zero-order valence-electron chi connectivity index (χ0n) is 15.3. The van der Waals surface area contributed by atoms with E-state index in [1.165, 1.54) is 17.3 Å². The van der Waals surface area contributed by atoms with Crippen LogP contribution in [-0.2, 0) is 17.1 Å². The number of carbonyl (C=O) groups excluding carboxylic acids is 1. The molecule has 27 heavy (non-hydrogen) atoms. The molecule has 140 valence electrons. The minimum atomic E-state index is -0.00476. The highest BCUT2D eigenvalue weighted by Gasteiger charge is 2.12. The Hall–Kier alpha value is -2.24. The molecule has 0 fully saturated rings. The van der Waals surface area contributed by atoms with E-state index < -0.39 is 0 Å². The molecule has 0 aliphatic rings. The molecule has 4 nitrogen and oxygen atoms in total. The number of carbonyl (C=O) groups is 1. The summed E-state index contributed by atoms with van der Waals surface area (Å²) in [6.45, 7) is 4.45. The Balaban J connectivity index is 1.48. The van der Waals surface area contributed by atoms with Crippen molar-refractivity contribution in [2.45, 2.75) is 26.1 Å². The smallest absolute Gasteiger partial charge is 0.230 e. The molecule has 3 rings (SSSR count). The van der Waals surface area contributed by atoms with Crippen molar-refractivity contribution < 1.29 is 9.21 Å². The largest absolute Gasteiger partial charge is 0.441 e. The average Bonchev–Trinajstić information content (AvgIpc) is 3.02. The molecule has 0 aliphatic carbocycles. The van der Waals surface area contributed by atoms with E-state index in [-0.39, 0.29) is 5.91 Å². The monoisotopic (exact) mass is 400 g/mol. The van der Waals surface area contributed by atoms with Crippen molar-refractivity contribution in [2.75, 3.05) is 5.75 Å². The van der Waals surface area contributed by atoms with Crippen LogP contribution in [0.4, 0.5) is 0 Å². The van der Waals surface area contributed by atoms with E-state index in [1.54, 1.807) is 0 Å². The molecule has 0 bridgehead atoms. The SMILES string of the molecule is Cc1ccc(-c2nc(CSCC(=O)NCc3ccc(Cl)cc3)c(C)o2)cc1. The third-order valence-corrected chi connectivity index (χ3v) is 5.26. The van der Waals surface area contributed by atoms with Gasteiger partial charge in [-0.1, -0.05) is 41.4 Å². The van der Waals surface area contributed by atoms with E-state index in [1.807, 2.05) is 62.4 Å². The van der Waals surface area contributed by atoms with Crippen molar-refractivity contribution in [3.63, 3.8) is 0 Å². The Kier molecular flexibility index (Phi) is 6.58. The minimum absolute atomic E-state index is 0.00476. The van der Waals surface area contributed by atoms with Crippen LogP contribution in [0.5, 0.6) is 0 Å². The van der Waals surface area contributed by atoms with E-state index in [9.17, 15) is 4.79 Å². The normalized spacial score (nSPS) is 10.8. The quantitative estimate of drug-likeness (QED) is 0.595. The molecule has 0 saturated carbocycles. The van der Waals surface area contributed by atoms with E-state index in [4.69, 9.17) is 16.0 Å². The van der Waals surface area contributed by atoms with Gasteiger partial charge in [-0.25, -0.2) is 4.98 Å². The second kappa shape index (κ2) is 9.11. The van der Waals surface area contributed by atoms with Crippen LogP contribution in [0.2, 0.25) is 5.02 Å². The molecule has 6 heteroatoms. The van der Waals surface area contributed by atoms with E-state index in [0.717, 1.165) is 22.6 Å². The predicted molar refractivity (Wildman–Crippen MR) is 111 cm³/mol. The molecule has 1 heterocycles. The Bertz CT molecular complexity index is 905. The number of rotatable bonds is 7. The summed E-state index contributed by atoms with van der Waals surface area (Å²) in [4.78, 5) is 16.6. The Morgan fingerprint density at radius 3 is 2.52 bits per heavy atom. The summed E-state index contributed by atoms with van der Waals surface area (Å²) in [6, 6.07) is 15.5. The summed E-state index contributed by atoms with van der Waals surface area (Å²) in [5.74, 6) is 2.42. The van der Waals surface area contributed by atoms with Crippen molar-refractivity contribution in [1.29, 1.82) is 0 Å². The molecule has 1 N–H and O–H groups in total. The molecule has 1 aromatic heterocycles. The minimum Gasteiger partial charge on any atom is -0.441 e. The van der Waals surface area contributed by atoms with Gasteiger partial charge < -0.3 is 9.73 Å². The number of oxazole rings is 1. The van der Waals surface area contributed by atoms with Crippen molar-refractivity contribution in [3.8, 4) is 11.5 Å². The summed E-state index contributed by atoms with van der Waals surface area (Å²) < 4.78 is 5.78. The lowest BCUT2D eigenvalue weighted by atomic mass is 10.1. The Labute approximate surface area is 168 Å². The fourth-order valence-electron chi connectivity index (χ4n) is 2.48. The van der Waals surface area contributed by atoms with Gasteiger partial charge in [-0.05, 0) is 43.7 Å². The molecule has 3 aromatic rings. The van der Waals surface area contributed by atoms with Crippen LogP contribution in [0.15, 0.2) is 52.9 Å². The first-order valence-electron chi connectivity index (χ1n) is 8.63. The lowest BCUT2D eigenvalue weighted by Gasteiger charge is -2.05. The summed E-state index contributed by atoms with van der Waals surface area (Å²) in [6.07, 6.45) is 0. The number of halogens is 1. The van der Waals surface area contributed by atoms with Crippen LogP contribution in [-0.4, -0.2) is 16.6 Å². The second-order valence-corrected chi connectivity index (χ2v) is 7.71. The number of nitrogens with zero attached hydrogens (tertiary/aromatic N) is 1. The number of hydrogen-bond acceptors (Lipinski definition) is 4. The molecule has 0 aliphatic heterocycles. The first-order chi connectivity index (χ1) is 13.0. The van der Waals surface area contributed by atoms with E-state index in [2.05, 4.69) is 10.3 Å². The third-order valence-electron chi connectivity index (χ3n) is 4.07. The van der Waals surface area contributed by atoms with Gasteiger partial charge in [-0.2, -0.15) is 0 Å². The molecule has 2 aromatic carbocycles. The van der Waals surface area contributed by atoms with Gasteiger partial charge in [0.2, 0.25) is 11.8 Å². The van der Waals surface area contributed by atoms with Crippen LogP contribution >= 0.6 is 23.4 Å². The summed E-state index contributed by atoms with van der Waals surface area (Å²) in [5.41, 5.74) is 4.05. The first-order valence-corrected chi connectivity index (χ1v) is 10.2. The van der Waals surface area contributed by atoms with Crippen LogP contribution in [0, 0.1) is 13.8 Å². The number of benzene rings is 2. The van der Waals surface area contributed by atoms with Gasteiger partial charge in [-0.15, -0.1) is 11.8 Å². The number of hydrogen-bond donors (Lipinski definition) is 1.